The molecule has 0 bridgehead atoms. The summed E-state index contributed by atoms with van der Waals surface area (Å²) in [6, 6.07) is 4.10. The Hall–Kier alpha value is -1.60. The Morgan fingerprint density at radius 1 is 1.39 bits per heavy atom. The van der Waals surface area contributed by atoms with Crippen LogP contribution in [0.1, 0.15) is 16.8 Å². The highest BCUT2D eigenvalue weighted by Gasteiger charge is 2.12. The Morgan fingerprint density at radius 3 is 2.72 bits per heavy atom. The molecule has 0 aromatic heterocycles. The summed E-state index contributed by atoms with van der Waals surface area (Å²) < 4.78 is 0.685. The fourth-order valence-electron chi connectivity index (χ4n) is 1.28. The SMILES string of the molecule is NCCCNC(=O)Nc1cc(Br)ccc1C(=O)O. The van der Waals surface area contributed by atoms with Crippen LogP contribution < -0.4 is 16.4 Å². The fraction of sp³-hybridized carbons (Fsp3) is 0.273. The highest BCUT2D eigenvalue weighted by molar-refractivity contribution is 9.10. The van der Waals surface area contributed by atoms with Crippen molar-refractivity contribution in [1.82, 2.24) is 5.32 Å². The summed E-state index contributed by atoms with van der Waals surface area (Å²) in [5.74, 6) is -1.10. The lowest BCUT2D eigenvalue weighted by Crippen LogP contribution is -2.31. The van der Waals surface area contributed by atoms with Crippen molar-refractivity contribution < 1.29 is 14.7 Å². The molecule has 0 aliphatic heterocycles. The number of carbonyl (C=O) groups is 2. The van der Waals surface area contributed by atoms with Gasteiger partial charge in [0.1, 0.15) is 0 Å². The third-order valence-electron chi connectivity index (χ3n) is 2.13. The van der Waals surface area contributed by atoms with E-state index in [1.165, 1.54) is 12.1 Å². The van der Waals surface area contributed by atoms with E-state index in [-0.39, 0.29) is 11.3 Å². The maximum Gasteiger partial charge on any atom is 0.337 e. The highest BCUT2D eigenvalue weighted by atomic mass is 79.9. The monoisotopic (exact) mass is 315 g/mol. The first kappa shape index (κ1) is 14.5. The van der Waals surface area contributed by atoms with Crippen molar-refractivity contribution in [2.24, 2.45) is 5.73 Å². The van der Waals surface area contributed by atoms with Crippen molar-refractivity contribution >= 4 is 33.6 Å². The molecular formula is C11H14BrN3O3. The molecule has 7 heteroatoms. The second kappa shape index (κ2) is 6.97. The lowest BCUT2D eigenvalue weighted by molar-refractivity contribution is 0.0698. The van der Waals surface area contributed by atoms with Crippen LogP contribution in [0.2, 0.25) is 0 Å². The first-order valence-corrected chi connectivity index (χ1v) is 6.11. The molecule has 1 aromatic carbocycles. The molecule has 1 rings (SSSR count). The Kier molecular flexibility index (Phi) is 5.60. The van der Waals surface area contributed by atoms with Crippen molar-refractivity contribution in [1.29, 1.82) is 0 Å². The van der Waals surface area contributed by atoms with Crippen LogP contribution in [0.25, 0.3) is 0 Å². The first-order chi connectivity index (χ1) is 8.54. The fourth-order valence-corrected chi connectivity index (χ4v) is 1.64. The van der Waals surface area contributed by atoms with Crippen LogP contribution in [0.3, 0.4) is 0 Å². The van der Waals surface area contributed by atoms with E-state index in [1.54, 1.807) is 6.07 Å². The highest BCUT2D eigenvalue weighted by Crippen LogP contribution is 2.21. The molecule has 6 nitrogen and oxygen atoms in total. The molecule has 0 radical (unpaired) electrons. The van der Waals surface area contributed by atoms with Crippen LogP contribution in [0.4, 0.5) is 10.5 Å². The van der Waals surface area contributed by atoms with Gasteiger partial charge >= 0.3 is 12.0 Å². The zero-order valence-electron chi connectivity index (χ0n) is 9.57. The number of benzene rings is 1. The Balaban J connectivity index is 2.73. The predicted molar refractivity (Wildman–Crippen MR) is 71.8 cm³/mol. The number of carboxylic acids is 1. The summed E-state index contributed by atoms with van der Waals surface area (Å²) in [6.07, 6.45) is 0.664. The van der Waals surface area contributed by atoms with Crippen molar-refractivity contribution in [3.63, 3.8) is 0 Å². The molecule has 0 aliphatic carbocycles. The van der Waals surface area contributed by atoms with Gasteiger partial charge in [0.15, 0.2) is 0 Å². The smallest absolute Gasteiger partial charge is 0.337 e. The summed E-state index contributed by atoms with van der Waals surface area (Å²) >= 11 is 3.22. The molecule has 0 spiro atoms. The number of amides is 2. The Bertz CT molecular complexity index is 451. The summed E-state index contributed by atoms with van der Waals surface area (Å²) in [5.41, 5.74) is 5.57. The standard InChI is InChI=1S/C11H14BrN3O3/c12-7-2-3-8(10(16)17)9(6-7)15-11(18)14-5-1-4-13/h2-3,6H,1,4-5,13H2,(H,16,17)(H2,14,15,18). The average Bonchev–Trinajstić information content (AvgIpc) is 2.29. The predicted octanol–water partition coefficient (Wildman–Crippen LogP) is 1.62. The van der Waals surface area contributed by atoms with Crippen LogP contribution in [0, 0.1) is 0 Å². The quantitative estimate of drug-likeness (QED) is 0.620. The van der Waals surface area contributed by atoms with Gasteiger partial charge in [-0.3, -0.25) is 0 Å². The molecule has 0 unspecified atom stereocenters. The van der Waals surface area contributed by atoms with Gasteiger partial charge in [0.05, 0.1) is 11.3 Å². The second-order valence-electron chi connectivity index (χ2n) is 3.52. The molecule has 1 aromatic rings. The van der Waals surface area contributed by atoms with Gasteiger partial charge in [-0.15, -0.1) is 0 Å². The minimum Gasteiger partial charge on any atom is -0.478 e. The average molecular weight is 316 g/mol. The molecular weight excluding hydrogens is 302 g/mol. The molecule has 0 saturated heterocycles. The molecule has 0 saturated carbocycles. The van der Waals surface area contributed by atoms with Gasteiger partial charge in [-0.1, -0.05) is 15.9 Å². The number of carbonyl (C=O) groups excluding carboxylic acids is 1. The van der Waals surface area contributed by atoms with Gasteiger partial charge in [0, 0.05) is 11.0 Å². The number of aromatic carboxylic acids is 1. The summed E-state index contributed by atoms with van der Waals surface area (Å²) in [4.78, 5) is 22.5. The number of urea groups is 1. The van der Waals surface area contributed by atoms with E-state index >= 15 is 0 Å². The first-order valence-electron chi connectivity index (χ1n) is 5.32. The van der Waals surface area contributed by atoms with Crippen LogP contribution in [0.15, 0.2) is 22.7 Å². The van der Waals surface area contributed by atoms with Gasteiger partial charge in [-0.05, 0) is 31.2 Å². The Labute approximate surface area is 113 Å². The zero-order valence-corrected chi connectivity index (χ0v) is 11.2. The number of nitrogens with one attached hydrogen (secondary N) is 2. The number of nitrogens with two attached hydrogens (primary N) is 1. The van der Waals surface area contributed by atoms with Gasteiger partial charge in [0.2, 0.25) is 0 Å². The van der Waals surface area contributed by atoms with E-state index in [4.69, 9.17) is 10.8 Å². The number of anilines is 1. The number of hydrogen-bond donors (Lipinski definition) is 4. The van der Waals surface area contributed by atoms with Crippen LogP contribution in [-0.2, 0) is 0 Å². The van der Waals surface area contributed by atoms with Gasteiger partial charge in [-0.25, -0.2) is 9.59 Å². The van der Waals surface area contributed by atoms with Crippen molar-refractivity contribution in [3.8, 4) is 0 Å². The largest absolute Gasteiger partial charge is 0.478 e. The van der Waals surface area contributed by atoms with Gasteiger partial charge in [-0.2, -0.15) is 0 Å². The third kappa shape index (κ3) is 4.34. The number of hydrogen-bond acceptors (Lipinski definition) is 3. The van der Waals surface area contributed by atoms with Crippen molar-refractivity contribution in [2.75, 3.05) is 18.4 Å². The number of halogens is 1. The van der Waals surface area contributed by atoms with Gasteiger partial charge in [0.25, 0.3) is 0 Å². The molecule has 0 fully saturated rings. The van der Waals surface area contributed by atoms with Crippen LogP contribution >= 0.6 is 15.9 Å². The maximum atomic E-state index is 11.5. The molecule has 18 heavy (non-hydrogen) atoms. The number of carboxylic acid groups (broad SMARTS) is 1. The van der Waals surface area contributed by atoms with Crippen molar-refractivity contribution in [2.45, 2.75) is 6.42 Å². The lowest BCUT2D eigenvalue weighted by Gasteiger charge is -2.10. The maximum absolute atomic E-state index is 11.5. The van der Waals surface area contributed by atoms with E-state index in [0.717, 1.165) is 0 Å². The minimum atomic E-state index is -1.10. The van der Waals surface area contributed by atoms with E-state index in [1.807, 2.05) is 0 Å². The lowest BCUT2D eigenvalue weighted by atomic mass is 10.2. The summed E-state index contributed by atoms with van der Waals surface area (Å²) in [5, 5.41) is 14.0. The van der Waals surface area contributed by atoms with Crippen LogP contribution in [0.5, 0.6) is 0 Å². The third-order valence-corrected chi connectivity index (χ3v) is 2.62. The van der Waals surface area contributed by atoms with Crippen molar-refractivity contribution in [3.05, 3.63) is 28.2 Å². The van der Waals surface area contributed by atoms with Crippen LogP contribution in [-0.4, -0.2) is 30.2 Å². The zero-order chi connectivity index (χ0) is 13.5. The Morgan fingerprint density at radius 2 is 2.11 bits per heavy atom. The van der Waals surface area contributed by atoms with Gasteiger partial charge < -0.3 is 21.5 Å². The van der Waals surface area contributed by atoms with E-state index in [9.17, 15) is 9.59 Å². The van der Waals surface area contributed by atoms with E-state index in [0.29, 0.717) is 24.0 Å². The molecule has 0 aliphatic rings. The second-order valence-corrected chi connectivity index (χ2v) is 4.43. The minimum absolute atomic E-state index is 0.0344. The molecule has 0 atom stereocenters. The summed E-state index contributed by atoms with van der Waals surface area (Å²) in [6.45, 7) is 0.927. The number of rotatable bonds is 5. The topological polar surface area (TPSA) is 104 Å². The normalized spacial score (nSPS) is 9.89. The molecule has 98 valence electrons. The molecule has 5 N–H and O–H groups in total. The molecule has 2 amide bonds. The summed E-state index contributed by atoms with van der Waals surface area (Å²) in [7, 11) is 0. The molecule has 0 heterocycles. The van der Waals surface area contributed by atoms with E-state index in [2.05, 4.69) is 26.6 Å². The van der Waals surface area contributed by atoms with E-state index < -0.39 is 12.0 Å².